The highest BCUT2D eigenvalue weighted by Gasteiger charge is 2.11. The molecule has 1 aromatic carbocycles. The first-order valence-electron chi connectivity index (χ1n) is 5.79. The Morgan fingerprint density at radius 3 is 2.89 bits per heavy atom. The largest absolute Gasteiger partial charge is 0.462 e. The number of anilines is 1. The summed E-state index contributed by atoms with van der Waals surface area (Å²) in [6.07, 6.45) is 2.30. The van der Waals surface area contributed by atoms with Crippen molar-refractivity contribution in [3.63, 3.8) is 0 Å². The number of aromatic nitrogens is 1. The molecular weight excluding hydrogens is 308 g/mol. The van der Waals surface area contributed by atoms with E-state index in [1.165, 1.54) is 0 Å². The van der Waals surface area contributed by atoms with E-state index in [1.54, 1.807) is 24.4 Å². The predicted octanol–water partition coefficient (Wildman–Crippen LogP) is 2.83. The smallest absolute Gasteiger partial charge is 0.339 e. The summed E-state index contributed by atoms with van der Waals surface area (Å²) in [5, 5.41) is 0. The lowest BCUT2D eigenvalue weighted by molar-refractivity contribution is 0.0507. The minimum Gasteiger partial charge on any atom is -0.462 e. The Bertz CT molecular complexity index is 573. The van der Waals surface area contributed by atoms with E-state index >= 15 is 0 Å². The molecule has 0 atom stereocenters. The third-order valence-corrected chi connectivity index (χ3v) is 3.22. The fraction of sp³-hybridized carbons (Fsp3) is 0.143. The molecule has 98 valence electrons. The lowest BCUT2D eigenvalue weighted by atomic mass is 10.2. The first-order chi connectivity index (χ1) is 9.16. The number of hydrogen-bond acceptors (Lipinski definition) is 4. The molecule has 0 aliphatic heterocycles. The number of rotatable bonds is 4. The van der Waals surface area contributed by atoms with Crippen molar-refractivity contribution in [2.24, 2.45) is 0 Å². The Balaban J connectivity index is 1.93. The minimum atomic E-state index is -0.393. The second-order valence-corrected chi connectivity index (χ2v) is 4.80. The van der Waals surface area contributed by atoms with Crippen LogP contribution in [0.3, 0.4) is 0 Å². The molecule has 2 aromatic rings. The molecule has 4 nitrogen and oxygen atoms in total. The van der Waals surface area contributed by atoms with Gasteiger partial charge in [-0.15, -0.1) is 0 Å². The summed E-state index contributed by atoms with van der Waals surface area (Å²) in [6.45, 7) is 0.289. The van der Waals surface area contributed by atoms with Crippen LogP contribution in [0.2, 0.25) is 0 Å². The number of nitrogen functional groups attached to an aromatic ring is 1. The summed E-state index contributed by atoms with van der Waals surface area (Å²) in [5.41, 5.74) is 7.50. The molecule has 19 heavy (non-hydrogen) atoms. The Hall–Kier alpha value is -1.88. The highest BCUT2D eigenvalue weighted by atomic mass is 79.9. The van der Waals surface area contributed by atoms with Gasteiger partial charge in [0.1, 0.15) is 0 Å². The molecule has 0 fully saturated rings. The second kappa shape index (κ2) is 6.33. The molecule has 0 saturated carbocycles. The molecule has 0 aliphatic rings. The van der Waals surface area contributed by atoms with Gasteiger partial charge in [0.2, 0.25) is 0 Å². The van der Waals surface area contributed by atoms with Crippen molar-refractivity contribution in [1.29, 1.82) is 0 Å². The topological polar surface area (TPSA) is 65.2 Å². The Kier molecular flexibility index (Phi) is 4.52. The van der Waals surface area contributed by atoms with Crippen LogP contribution < -0.4 is 5.73 Å². The quantitative estimate of drug-likeness (QED) is 0.695. The van der Waals surface area contributed by atoms with Crippen molar-refractivity contribution in [3.05, 3.63) is 58.3 Å². The maximum absolute atomic E-state index is 11.9. The molecule has 0 unspecified atom stereocenters. The first kappa shape index (κ1) is 13.5. The number of ether oxygens (including phenoxy) is 1. The normalized spacial score (nSPS) is 10.2. The zero-order valence-corrected chi connectivity index (χ0v) is 11.8. The van der Waals surface area contributed by atoms with Crippen molar-refractivity contribution in [1.82, 2.24) is 4.98 Å². The van der Waals surface area contributed by atoms with Crippen LogP contribution in [0.25, 0.3) is 0 Å². The number of esters is 1. The molecule has 0 bridgehead atoms. The van der Waals surface area contributed by atoms with Gasteiger partial charge in [-0.3, -0.25) is 4.98 Å². The monoisotopic (exact) mass is 320 g/mol. The van der Waals surface area contributed by atoms with Crippen LogP contribution in [0.5, 0.6) is 0 Å². The van der Waals surface area contributed by atoms with Crippen LogP contribution in [0, 0.1) is 0 Å². The van der Waals surface area contributed by atoms with Gasteiger partial charge in [0.05, 0.1) is 12.2 Å². The molecule has 2 rings (SSSR count). The standard InChI is InChI=1S/C14H13BrN2O2/c15-13-5-4-10(16)9-12(13)14(18)19-8-6-11-3-1-2-7-17-11/h1-5,7,9H,6,8,16H2. The molecule has 1 heterocycles. The van der Waals surface area contributed by atoms with E-state index in [2.05, 4.69) is 20.9 Å². The van der Waals surface area contributed by atoms with Gasteiger partial charge in [-0.1, -0.05) is 6.07 Å². The predicted molar refractivity (Wildman–Crippen MR) is 76.8 cm³/mol. The average Bonchev–Trinajstić information content (AvgIpc) is 2.42. The fourth-order valence-electron chi connectivity index (χ4n) is 1.57. The third-order valence-electron chi connectivity index (χ3n) is 2.53. The lowest BCUT2D eigenvalue weighted by Gasteiger charge is -2.07. The summed E-state index contributed by atoms with van der Waals surface area (Å²) in [6, 6.07) is 10.7. The summed E-state index contributed by atoms with van der Waals surface area (Å²) >= 11 is 3.30. The van der Waals surface area contributed by atoms with Crippen LogP contribution in [0.1, 0.15) is 16.1 Å². The van der Waals surface area contributed by atoms with E-state index in [0.29, 0.717) is 22.1 Å². The van der Waals surface area contributed by atoms with E-state index in [1.807, 2.05) is 18.2 Å². The number of halogens is 1. The van der Waals surface area contributed by atoms with E-state index in [4.69, 9.17) is 10.5 Å². The van der Waals surface area contributed by atoms with Gasteiger partial charge in [0.15, 0.2) is 0 Å². The molecule has 5 heteroatoms. The Morgan fingerprint density at radius 1 is 1.32 bits per heavy atom. The van der Waals surface area contributed by atoms with Gasteiger partial charge in [-0.25, -0.2) is 4.79 Å². The SMILES string of the molecule is Nc1ccc(Br)c(C(=O)OCCc2ccccn2)c1. The molecule has 0 radical (unpaired) electrons. The lowest BCUT2D eigenvalue weighted by Crippen LogP contribution is -2.09. The number of nitrogens with zero attached hydrogens (tertiary/aromatic N) is 1. The van der Waals surface area contributed by atoms with Gasteiger partial charge in [0.25, 0.3) is 0 Å². The van der Waals surface area contributed by atoms with Crippen molar-refractivity contribution >= 4 is 27.6 Å². The van der Waals surface area contributed by atoms with E-state index in [9.17, 15) is 4.79 Å². The van der Waals surface area contributed by atoms with Gasteiger partial charge in [0, 0.05) is 28.5 Å². The van der Waals surface area contributed by atoms with Crippen molar-refractivity contribution < 1.29 is 9.53 Å². The molecule has 2 N–H and O–H groups in total. The average molecular weight is 321 g/mol. The maximum atomic E-state index is 11.9. The van der Waals surface area contributed by atoms with Gasteiger partial charge < -0.3 is 10.5 Å². The summed E-state index contributed by atoms with van der Waals surface area (Å²) in [5.74, 6) is -0.393. The van der Waals surface area contributed by atoms with Crippen molar-refractivity contribution in [2.45, 2.75) is 6.42 Å². The molecule has 0 saturated heterocycles. The number of nitrogens with two attached hydrogens (primary N) is 1. The van der Waals surface area contributed by atoms with E-state index in [-0.39, 0.29) is 6.61 Å². The van der Waals surface area contributed by atoms with Crippen LogP contribution in [-0.2, 0) is 11.2 Å². The number of benzene rings is 1. The van der Waals surface area contributed by atoms with Crippen molar-refractivity contribution in [2.75, 3.05) is 12.3 Å². The van der Waals surface area contributed by atoms with E-state index < -0.39 is 5.97 Å². The Labute approximate surface area is 119 Å². The van der Waals surface area contributed by atoms with Gasteiger partial charge >= 0.3 is 5.97 Å². The third kappa shape index (κ3) is 3.79. The zero-order valence-electron chi connectivity index (χ0n) is 10.2. The fourth-order valence-corrected chi connectivity index (χ4v) is 1.98. The molecular formula is C14H13BrN2O2. The Morgan fingerprint density at radius 2 is 2.16 bits per heavy atom. The molecule has 0 spiro atoms. The highest BCUT2D eigenvalue weighted by Crippen LogP contribution is 2.20. The molecule has 0 aliphatic carbocycles. The molecule has 0 amide bonds. The number of carbonyl (C=O) groups excluding carboxylic acids is 1. The van der Waals surface area contributed by atoms with Crippen LogP contribution in [-0.4, -0.2) is 17.6 Å². The maximum Gasteiger partial charge on any atom is 0.339 e. The summed E-state index contributed by atoms with van der Waals surface area (Å²) in [4.78, 5) is 16.0. The number of carbonyl (C=O) groups is 1. The van der Waals surface area contributed by atoms with Crippen LogP contribution >= 0.6 is 15.9 Å². The second-order valence-electron chi connectivity index (χ2n) is 3.95. The number of pyridine rings is 1. The number of hydrogen-bond donors (Lipinski definition) is 1. The zero-order chi connectivity index (χ0) is 13.7. The minimum absolute atomic E-state index is 0.289. The van der Waals surface area contributed by atoms with Crippen LogP contribution in [0.15, 0.2) is 47.1 Å². The van der Waals surface area contributed by atoms with Crippen LogP contribution in [0.4, 0.5) is 5.69 Å². The van der Waals surface area contributed by atoms with E-state index in [0.717, 1.165) is 5.69 Å². The summed E-state index contributed by atoms with van der Waals surface area (Å²) in [7, 11) is 0. The first-order valence-corrected chi connectivity index (χ1v) is 6.58. The summed E-state index contributed by atoms with van der Waals surface area (Å²) < 4.78 is 5.87. The molecule has 1 aromatic heterocycles. The highest BCUT2D eigenvalue weighted by molar-refractivity contribution is 9.10. The van der Waals surface area contributed by atoms with Gasteiger partial charge in [-0.2, -0.15) is 0 Å². The van der Waals surface area contributed by atoms with Crippen molar-refractivity contribution in [3.8, 4) is 0 Å². The van der Waals surface area contributed by atoms with Gasteiger partial charge in [-0.05, 0) is 46.3 Å².